The molecule has 0 aliphatic carbocycles. The van der Waals surface area contributed by atoms with Gasteiger partial charge < -0.3 is 0 Å². The lowest BCUT2D eigenvalue weighted by molar-refractivity contribution is 0.343. The summed E-state index contributed by atoms with van der Waals surface area (Å²) >= 11 is 0. The second kappa shape index (κ2) is 8.04. The van der Waals surface area contributed by atoms with Gasteiger partial charge in [0, 0.05) is 0 Å². The smallest absolute Gasteiger partial charge is 0.176 e. The molecule has 3 heteroatoms. The van der Waals surface area contributed by atoms with Crippen LogP contribution in [0.15, 0.2) is 105 Å². The molecule has 0 radical (unpaired) electrons. The van der Waals surface area contributed by atoms with Gasteiger partial charge in [-0.15, -0.1) is 0 Å². The van der Waals surface area contributed by atoms with Crippen LogP contribution >= 0.6 is 0 Å². The Hall–Kier alpha value is -2.23. The van der Waals surface area contributed by atoms with E-state index in [0.717, 1.165) is 15.4 Å². The predicted molar refractivity (Wildman–Crippen MR) is 101 cm³/mol. The molecule has 0 bridgehead atoms. The molecule has 2 nitrogen and oxygen atoms in total. The molecule has 3 rings (SSSR count). The van der Waals surface area contributed by atoms with E-state index >= 15 is 0 Å². The molecule has 0 aliphatic rings. The standard InChI is InChI=1S/C21H22NOS/c1-2-22-24(20-14-8-4-9-15-20,21-16-10-5-11-17-21)23-18-19-12-6-3-7-13-19/h3-17H,2,18H2,1H3/q+1. The second-order valence-corrected chi connectivity index (χ2v) is 7.83. The highest BCUT2D eigenvalue weighted by Gasteiger charge is 2.33. The third-order valence-electron chi connectivity index (χ3n) is 3.68. The quantitative estimate of drug-likeness (QED) is 0.537. The van der Waals surface area contributed by atoms with Gasteiger partial charge in [0.2, 0.25) is 0 Å². The van der Waals surface area contributed by atoms with E-state index in [1.165, 1.54) is 0 Å². The maximum absolute atomic E-state index is 6.54. The molecule has 3 aromatic carbocycles. The van der Waals surface area contributed by atoms with Crippen LogP contribution in [0, 0.1) is 0 Å². The lowest BCUT2D eigenvalue weighted by Crippen LogP contribution is -2.17. The van der Waals surface area contributed by atoms with E-state index in [1.54, 1.807) is 0 Å². The summed E-state index contributed by atoms with van der Waals surface area (Å²) < 4.78 is 11.5. The number of benzene rings is 3. The van der Waals surface area contributed by atoms with E-state index < -0.39 is 10.1 Å². The molecule has 0 heterocycles. The van der Waals surface area contributed by atoms with E-state index in [0.29, 0.717) is 13.2 Å². The third-order valence-corrected chi connectivity index (χ3v) is 6.58. The molecule has 122 valence electrons. The van der Waals surface area contributed by atoms with E-state index in [2.05, 4.69) is 67.6 Å². The van der Waals surface area contributed by atoms with Crippen LogP contribution in [-0.2, 0) is 20.9 Å². The van der Waals surface area contributed by atoms with Crippen molar-refractivity contribution in [2.45, 2.75) is 23.3 Å². The highest BCUT2D eigenvalue weighted by Crippen LogP contribution is 2.33. The number of hydrogen-bond acceptors (Lipinski definition) is 2. The lowest BCUT2D eigenvalue weighted by atomic mass is 10.2. The normalized spacial score (nSPS) is 11.2. The van der Waals surface area contributed by atoms with Crippen LogP contribution in [0.4, 0.5) is 0 Å². The Morgan fingerprint density at radius 3 is 1.62 bits per heavy atom. The van der Waals surface area contributed by atoms with Crippen LogP contribution in [0.1, 0.15) is 12.5 Å². The number of rotatable bonds is 6. The maximum Gasteiger partial charge on any atom is 0.176 e. The molecule has 0 unspecified atom stereocenters. The molecular formula is C21H22NOS+. The SMILES string of the molecule is CCN=[S+](OCc1ccccc1)(c1ccccc1)c1ccccc1. The fourth-order valence-corrected chi connectivity index (χ4v) is 5.22. The maximum atomic E-state index is 6.54. The Balaban J connectivity index is 2.07. The van der Waals surface area contributed by atoms with Crippen molar-refractivity contribution in [2.24, 2.45) is 4.36 Å². The minimum absolute atomic E-state index is 0.545. The zero-order valence-electron chi connectivity index (χ0n) is 13.8. The average molecular weight is 336 g/mol. The van der Waals surface area contributed by atoms with Gasteiger partial charge in [-0.1, -0.05) is 71.1 Å². The van der Waals surface area contributed by atoms with Crippen LogP contribution in [0.25, 0.3) is 0 Å². The Labute approximate surface area is 145 Å². The molecule has 0 N–H and O–H groups in total. The number of nitrogens with zero attached hydrogens (tertiary/aromatic N) is 1. The largest absolute Gasteiger partial charge is 0.177 e. The minimum Gasteiger partial charge on any atom is -0.177 e. The van der Waals surface area contributed by atoms with Gasteiger partial charge in [0.25, 0.3) is 0 Å². The van der Waals surface area contributed by atoms with Crippen molar-refractivity contribution in [3.8, 4) is 0 Å². The average Bonchev–Trinajstić information content (AvgIpc) is 2.67. The van der Waals surface area contributed by atoms with Crippen molar-refractivity contribution in [1.29, 1.82) is 0 Å². The fourth-order valence-electron chi connectivity index (χ4n) is 2.58. The van der Waals surface area contributed by atoms with Gasteiger partial charge in [-0.2, -0.15) is 4.18 Å². The van der Waals surface area contributed by atoms with Crippen molar-refractivity contribution in [2.75, 3.05) is 6.54 Å². The molecule has 0 aromatic heterocycles. The van der Waals surface area contributed by atoms with Crippen molar-refractivity contribution in [1.82, 2.24) is 0 Å². The Kier molecular flexibility index (Phi) is 5.57. The summed E-state index contributed by atoms with van der Waals surface area (Å²) in [7, 11) is -1.88. The second-order valence-electron chi connectivity index (χ2n) is 5.35. The monoisotopic (exact) mass is 336 g/mol. The van der Waals surface area contributed by atoms with E-state index in [-0.39, 0.29) is 0 Å². The van der Waals surface area contributed by atoms with Gasteiger partial charge in [0.15, 0.2) is 19.9 Å². The third kappa shape index (κ3) is 3.64. The molecule has 0 saturated heterocycles. The fraction of sp³-hybridized carbons (Fsp3) is 0.143. The Bertz CT molecular complexity index is 758. The predicted octanol–water partition coefficient (Wildman–Crippen LogP) is 5.59. The first kappa shape index (κ1) is 16.6. The summed E-state index contributed by atoms with van der Waals surface area (Å²) in [5, 5.41) is 0. The summed E-state index contributed by atoms with van der Waals surface area (Å²) in [6, 6.07) is 31.0. The Morgan fingerprint density at radius 1 is 0.708 bits per heavy atom. The van der Waals surface area contributed by atoms with Gasteiger partial charge in [-0.3, -0.25) is 0 Å². The first-order chi connectivity index (χ1) is 11.8. The van der Waals surface area contributed by atoms with E-state index in [1.807, 2.05) is 30.3 Å². The first-order valence-corrected chi connectivity index (χ1v) is 9.67. The number of hydrogen-bond donors (Lipinski definition) is 0. The summed E-state index contributed by atoms with van der Waals surface area (Å²) in [4.78, 5) is 2.27. The molecule has 0 saturated carbocycles. The van der Waals surface area contributed by atoms with Gasteiger partial charge in [0.05, 0.1) is 6.54 Å². The van der Waals surface area contributed by atoms with Crippen molar-refractivity contribution in [3.63, 3.8) is 0 Å². The molecule has 0 aliphatic heterocycles. The van der Waals surface area contributed by atoms with Crippen molar-refractivity contribution < 1.29 is 4.18 Å². The molecular weight excluding hydrogens is 314 g/mol. The lowest BCUT2D eigenvalue weighted by Gasteiger charge is -2.17. The molecule has 0 spiro atoms. The van der Waals surface area contributed by atoms with Crippen LogP contribution < -0.4 is 0 Å². The highest BCUT2D eigenvalue weighted by atomic mass is 32.3. The van der Waals surface area contributed by atoms with Gasteiger partial charge in [-0.25, -0.2) is 0 Å². The van der Waals surface area contributed by atoms with Crippen LogP contribution in [0.3, 0.4) is 0 Å². The van der Waals surface area contributed by atoms with Crippen molar-refractivity contribution >= 4 is 10.1 Å². The zero-order chi connectivity index (χ0) is 16.7. The first-order valence-electron chi connectivity index (χ1n) is 8.16. The molecule has 24 heavy (non-hydrogen) atoms. The van der Waals surface area contributed by atoms with Crippen molar-refractivity contribution in [3.05, 3.63) is 96.6 Å². The van der Waals surface area contributed by atoms with Gasteiger partial charge >= 0.3 is 0 Å². The van der Waals surface area contributed by atoms with E-state index in [9.17, 15) is 0 Å². The minimum atomic E-state index is -1.88. The summed E-state index contributed by atoms with van der Waals surface area (Å²) in [5.41, 5.74) is 1.16. The molecule has 0 atom stereocenters. The molecule has 0 fully saturated rings. The summed E-state index contributed by atoms with van der Waals surface area (Å²) in [5.74, 6) is 0. The zero-order valence-corrected chi connectivity index (χ0v) is 14.7. The summed E-state index contributed by atoms with van der Waals surface area (Å²) in [6.07, 6.45) is 0. The Morgan fingerprint density at radius 2 is 1.17 bits per heavy atom. The van der Waals surface area contributed by atoms with Crippen LogP contribution in [-0.4, -0.2) is 6.54 Å². The van der Waals surface area contributed by atoms with Crippen LogP contribution in [0.2, 0.25) is 0 Å². The summed E-state index contributed by atoms with van der Waals surface area (Å²) in [6.45, 7) is 3.33. The molecule has 0 amide bonds. The van der Waals surface area contributed by atoms with Gasteiger partial charge in [-0.05, 0) is 36.8 Å². The molecule has 3 aromatic rings. The topological polar surface area (TPSA) is 21.6 Å². The van der Waals surface area contributed by atoms with Crippen LogP contribution in [0.5, 0.6) is 0 Å². The van der Waals surface area contributed by atoms with E-state index in [4.69, 9.17) is 8.55 Å². The van der Waals surface area contributed by atoms with Gasteiger partial charge in [0.1, 0.15) is 6.61 Å². The highest BCUT2D eigenvalue weighted by molar-refractivity contribution is 8.00.